The van der Waals surface area contributed by atoms with Crippen molar-refractivity contribution in [2.24, 2.45) is 0 Å². The summed E-state index contributed by atoms with van der Waals surface area (Å²) in [5.41, 5.74) is 1.62. The summed E-state index contributed by atoms with van der Waals surface area (Å²) in [4.78, 5) is 12.9. The molecule has 0 heterocycles. The van der Waals surface area contributed by atoms with Crippen molar-refractivity contribution in [2.75, 3.05) is 24.2 Å². The summed E-state index contributed by atoms with van der Waals surface area (Å²) in [5, 5.41) is 3.26. The number of anilines is 1. The second-order valence-electron chi connectivity index (χ2n) is 6.95. The number of methoxy groups -OCH3 is 1. The van der Waals surface area contributed by atoms with E-state index in [-0.39, 0.29) is 11.6 Å². The van der Waals surface area contributed by atoms with Crippen molar-refractivity contribution in [3.05, 3.63) is 34.9 Å². The van der Waals surface area contributed by atoms with E-state index < -0.39 is 16.1 Å². The molecule has 0 unspecified atom stereocenters. The molecule has 1 aromatic rings. The lowest BCUT2D eigenvalue weighted by Gasteiger charge is -2.31. The summed E-state index contributed by atoms with van der Waals surface area (Å²) in [6, 6.07) is 3.83. The van der Waals surface area contributed by atoms with Crippen LogP contribution in [0.4, 0.5) is 5.69 Å². The number of sulfonamides is 1. The van der Waals surface area contributed by atoms with Gasteiger partial charge in [0, 0.05) is 11.6 Å². The zero-order valence-electron chi connectivity index (χ0n) is 16.7. The number of allylic oxidation sites excluding steroid dienone is 1. The van der Waals surface area contributed by atoms with Crippen LogP contribution < -0.4 is 14.4 Å². The highest BCUT2D eigenvalue weighted by atomic mass is 35.5. The van der Waals surface area contributed by atoms with Crippen LogP contribution >= 0.6 is 11.6 Å². The van der Waals surface area contributed by atoms with Gasteiger partial charge in [-0.05, 0) is 56.7 Å². The summed E-state index contributed by atoms with van der Waals surface area (Å²) in [6.45, 7) is 2.27. The molecule has 8 heteroatoms. The first-order chi connectivity index (χ1) is 13.3. The van der Waals surface area contributed by atoms with Gasteiger partial charge in [0.15, 0.2) is 0 Å². The van der Waals surface area contributed by atoms with Crippen LogP contribution in [0.1, 0.15) is 45.4 Å². The van der Waals surface area contributed by atoms with Crippen molar-refractivity contribution in [1.29, 1.82) is 0 Å². The Morgan fingerprint density at radius 3 is 2.68 bits per heavy atom. The molecule has 0 aliphatic heterocycles. The summed E-state index contributed by atoms with van der Waals surface area (Å²) in [7, 11) is -2.30. The van der Waals surface area contributed by atoms with Gasteiger partial charge in [0.2, 0.25) is 15.9 Å². The molecule has 0 spiro atoms. The average molecular weight is 429 g/mol. The normalized spacial score (nSPS) is 15.5. The van der Waals surface area contributed by atoms with Crippen molar-refractivity contribution >= 4 is 33.2 Å². The molecule has 1 aliphatic rings. The maximum Gasteiger partial charge on any atom is 0.243 e. The predicted molar refractivity (Wildman–Crippen MR) is 114 cm³/mol. The van der Waals surface area contributed by atoms with E-state index >= 15 is 0 Å². The largest absolute Gasteiger partial charge is 0.495 e. The van der Waals surface area contributed by atoms with Crippen LogP contribution in [0.25, 0.3) is 0 Å². The SMILES string of the molecule is CC[C@@H](C(=O)NCCC1=CCCCC1)N(c1cc(Cl)ccc1OC)S(C)(=O)=O. The van der Waals surface area contributed by atoms with E-state index in [2.05, 4.69) is 11.4 Å². The van der Waals surface area contributed by atoms with Crippen molar-refractivity contribution < 1.29 is 17.9 Å². The molecular formula is C20H29ClN2O4S. The molecule has 156 valence electrons. The number of amides is 1. The molecule has 1 N–H and O–H groups in total. The fourth-order valence-corrected chi connectivity index (χ4v) is 4.84. The van der Waals surface area contributed by atoms with Crippen LogP contribution in [-0.4, -0.2) is 40.3 Å². The fourth-order valence-electron chi connectivity index (χ4n) is 3.47. The van der Waals surface area contributed by atoms with E-state index in [9.17, 15) is 13.2 Å². The Kier molecular flexibility index (Phi) is 8.19. The Morgan fingerprint density at radius 2 is 2.11 bits per heavy atom. The first kappa shape index (κ1) is 22.6. The van der Waals surface area contributed by atoms with Crippen LogP contribution in [0.3, 0.4) is 0 Å². The smallest absolute Gasteiger partial charge is 0.243 e. The van der Waals surface area contributed by atoms with Crippen molar-refractivity contribution in [3.63, 3.8) is 0 Å². The second-order valence-corrected chi connectivity index (χ2v) is 9.24. The molecule has 1 aliphatic carbocycles. The van der Waals surface area contributed by atoms with E-state index in [1.54, 1.807) is 19.1 Å². The molecule has 6 nitrogen and oxygen atoms in total. The van der Waals surface area contributed by atoms with Crippen LogP contribution in [0.5, 0.6) is 5.75 Å². The van der Waals surface area contributed by atoms with E-state index in [4.69, 9.17) is 16.3 Å². The van der Waals surface area contributed by atoms with Crippen LogP contribution in [-0.2, 0) is 14.8 Å². The summed E-state index contributed by atoms with van der Waals surface area (Å²) < 4.78 is 31.6. The Bertz CT molecular complexity index is 823. The number of hydrogen-bond acceptors (Lipinski definition) is 4. The molecule has 2 rings (SSSR count). The van der Waals surface area contributed by atoms with Crippen LogP contribution in [0, 0.1) is 0 Å². The number of benzene rings is 1. The zero-order valence-corrected chi connectivity index (χ0v) is 18.3. The molecular weight excluding hydrogens is 400 g/mol. The Hall–Kier alpha value is -1.73. The number of ether oxygens (including phenoxy) is 1. The van der Waals surface area contributed by atoms with Crippen LogP contribution in [0.2, 0.25) is 5.02 Å². The van der Waals surface area contributed by atoms with Gasteiger partial charge in [-0.3, -0.25) is 9.10 Å². The molecule has 0 fully saturated rings. The number of carbonyl (C=O) groups excluding carboxylic acids is 1. The highest BCUT2D eigenvalue weighted by Gasteiger charge is 2.33. The number of nitrogens with one attached hydrogen (secondary N) is 1. The fraction of sp³-hybridized carbons (Fsp3) is 0.550. The lowest BCUT2D eigenvalue weighted by molar-refractivity contribution is -0.122. The summed E-state index contributed by atoms with van der Waals surface area (Å²) in [5.74, 6) is 0.0137. The summed E-state index contributed by atoms with van der Waals surface area (Å²) in [6.07, 6.45) is 9.01. The maximum atomic E-state index is 12.9. The quantitative estimate of drug-likeness (QED) is 0.605. The lowest BCUT2D eigenvalue weighted by atomic mass is 9.97. The minimum Gasteiger partial charge on any atom is -0.495 e. The number of rotatable bonds is 9. The van der Waals surface area contributed by atoms with Gasteiger partial charge >= 0.3 is 0 Å². The monoisotopic (exact) mass is 428 g/mol. The van der Waals surface area contributed by atoms with E-state index in [0.717, 1.165) is 29.8 Å². The second kappa shape index (κ2) is 10.2. The van der Waals surface area contributed by atoms with Crippen molar-refractivity contribution in [1.82, 2.24) is 5.32 Å². The van der Waals surface area contributed by atoms with Gasteiger partial charge in [0.05, 0.1) is 19.1 Å². The van der Waals surface area contributed by atoms with Gasteiger partial charge in [-0.25, -0.2) is 8.42 Å². The lowest BCUT2D eigenvalue weighted by Crippen LogP contribution is -2.49. The highest BCUT2D eigenvalue weighted by Crippen LogP contribution is 2.34. The first-order valence-corrected chi connectivity index (χ1v) is 11.8. The third-order valence-corrected chi connectivity index (χ3v) is 6.24. The number of hydrogen-bond donors (Lipinski definition) is 1. The molecule has 1 amide bonds. The van der Waals surface area contributed by atoms with Gasteiger partial charge in [-0.15, -0.1) is 0 Å². The first-order valence-electron chi connectivity index (χ1n) is 9.56. The van der Waals surface area contributed by atoms with Crippen molar-refractivity contribution in [2.45, 2.75) is 51.5 Å². The molecule has 1 atom stereocenters. The van der Waals surface area contributed by atoms with Crippen LogP contribution in [0.15, 0.2) is 29.8 Å². The van der Waals surface area contributed by atoms with E-state index in [1.165, 1.54) is 31.6 Å². The molecule has 28 heavy (non-hydrogen) atoms. The van der Waals surface area contributed by atoms with Gasteiger partial charge in [-0.2, -0.15) is 0 Å². The standard InChI is InChI=1S/C20H29ClN2O4S/c1-4-17(20(24)22-13-12-15-8-6-5-7-9-15)23(28(3,25)26)18-14-16(21)10-11-19(18)27-2/h8,10-11,14,17H,4-7,9,12-13H2,1-3H3,(H,22,24)/t17-/m0/s1. The number of nitrogens with zero attached hydrogens (tertiary/aromatic N) is 1. The minimum absolute atomic E-state index is 0.259. The third-order valence-electron chi connectivity index (χ3n) is 4.84. The Labute approximate surface area is 172 Å². The number of halogens is 1. The van der Waals surface area contributed by atoms with Gasteiger partial charge < -0.3 is 10.1 Å². The zero-order chi connectivity index (χ0) is 20.7. The molecule has 0 saturated heterocycles. The maximum absolute atomic E-state index is 12.9. The Morgan fingerprint density at radius 1 is 1.36 bits per heavy atom. The minimum atomic E-state index is -3.75. The predicted octanol–water partition coefficient (Wildman–Crippen LogP) is 3.90. The molecule has 0 aromatic heterocycles. The Balaban J connectivity index is 2.22. The van der Waals surface area contributed by atoms with Gasteiger partial charge in [-0.1, -0.05) is 30.2 Å². The molecule has 0 saturated carbocycles. The highest BCUT2D eigenvalue weighted by molar-refractivity contribution is 7.92. The average Bonchev–Trinajstić information content (AvgIpc) is 2.65. The van der Waals surface area contributed by atoms with Gasteiger partial charge in [0.25, 0.3) is 0 Å². The topological polar surface area (TPSA) is 75.7 Å². The number of carbonyl (C=O) groups is 1. The van der Waals surface area contributed by atoms with Crippen molar-refractivity contribution in [3.8, 4) is 5.75 Å². The molecule has 0 radical (unpaired) electrons. The van der Waals surface area contributed by atoms with E-state index in [1.807, 2.05) is 0 Å². The summed E-state index contributed by atoms with van der Waals surface area (Å²) >= 11 is 6.08. The van der Waals surface area contributed by atoms with Gasteiger partial charge in [0.1, 0.15) is 11.8 Å². The van der Waals surface area contributed by atoms with E-state index in [0.29, 0.717) is 23.7 Å². The molecule has 1 aromatic carbocycles. The molecule has 0 bridgehead atoms. The third kappa shape index (κ3) is 5.88.